The van der Waals surface area contributed by atoms with Gasteiger partial charge in [0.1, 0.15) is 11.9 Å². The molecule has 0 atom stereocenters. The van der Waals surface area contributed by atoms with Crippen LogP contribution < -0.4 is 15.2 Å². The molecule has 0 unspecified atom stereocenters. The third kappa shape index (κ3) is 1.89. The van der Waals surface area contributed by atoms with E-state index < -0.39 is 10.2 Å². The molecule has 1 aromatic rings. The maximum absolute atomic E-state index is 11.4. The summed E-state index contributed by atoms with van der Waals surface area (Å²) in [6.07, 6.45) is -0.0252. The number of benzene rings is 1. The van der Waals surface area contributed by atoms with E-state index in [1.54, 1.807) is 18.2 Å². The third-order valence-electron chi connectivity index (χ3n) is 2.64. The van der Waals surface area contributed by atoms with Crippen LogP contribution in [0.15, 0.2) is 22.6 Å². The van der Waals surface area contributed by atoms with Gasteiger partial charge in [-0.05, 0) is 12.1 Å². The van der Waals surface area contributed by atoms with Crippen LogP contribution in [0.25, 0.3) is 0 Å². The number of anilines is 1. The fourth-order valence-electron chi connectivity index (χ4n) is 1.78. The van der Waals surface area contributed by atoms with Crippen molar-refractivity contribution in [1.29, 1.82) is 0 Å². The second kappa shape index (κ2) is 3.85. The molecule has 1 fully saturated rings. The van der Waals surface area contributed by atoms with Crippen LogP contribution in [0.2, 0.25) is 0 Å². The number of fused-ring (bicyclic) bond motifs is 1. The van der Waals surface area contributed by atoms with Gasteiger partial charge < -0.3 is 15.2 Å². The quantitative estimate of drug-likeness (QED) is 0.776. The molecule has 7 nitrogen and oxygen atoms in total. The van der Waals surface area contributed by atoms with Gasteiger partial charge in [0.05, 0.1) is 24.5 Å². The second-order valence-electron chi connectivity index (χ2n) is 4.01. The second-order valence-corrected chi connectivity index (χ2v) is 5.35. The highest BCUT2D eigenvalue weighted by atomic mass is 32.2. The molecule has 2 aliphatic heterocycles. The van der Waals surface area contributed by atoms with Crippen LogP contribution in [0.1, 0.15) is 5.56 Å². The molecule has 0 bridgehead atoms. The van der Waals surface area contributed by atoms with Crippen molar-refractivity contribution in [2.24, 2.45) is 10.1 Å². The van der Waals surface area contributed by atoms with Crippen LogP contribution in [-0.2, 0) is 14.9 Å². The van der Waals surface area contributed by atoms with Crippen LogP contribution in [0.5, 0.6) is 5.75 Å². The minimum absolute atomic E-state index is 0.0252. The number of hydrogen-bond acceptors (Lipinski definition) is 5. The van der Waals surface area contributed by atoms with E-state index in [1.165, 1.54) is 0 Å². The van der Waals surface area contributed by atoms with Crippen molar-refractivity contribution in [3.8, 4) is 5.75 Å². The Bertz CT molecular complexity index is 622. The zero-order valence-corrected chi connectivity index (χ0v) is 10.1. The van der Waals surface area contributed by atoms with Crippen molar-refractivity contribution in [3.63, 3.8) is 0 Å². The lowest BCUT2D eigenvalue weighted by Crippen LogP contribution is -2.39. The topological polar surface area (TPSA) is 103 Å². The number of nitrogens with two attached hydrogens (primary N) is 1. The molecule has 0 aliphatic carbocycles. The molecule has 1 aromatic carbocycles. The number of nitrogens with zero attached hydrogens (tertiary/aromatic N) is 1. The van der Waals surface area contributed by atoms with Gasteiger partial charge >= 0.3 is 10.2 Å². The number of amidine groups is 1. The molecule has 8 heteroatoms. The van der Waals surface area contributed by atoms with Crippen molar-refractivity contribution in [3.05, 3.63) is 23.8 Å². The molecule has 3 N–H and O–H groups in total. The van der Waals surface area contributed by atoms with Gasteiger partial charge in [-0.2, -0.15) is 8.42 Å². The van der Waals surface area contributed by atoms with E-state index in [0.717, 1.165) is 0 Å². The van der Waals surface area contributed by atoms with Gasteiger partial charge in [0.2, 0.25) is 0 Å². The van der Waals surface area contributed by atoms with Crippen LogP contribution in [0.4, 0.5) is 5.69 Å². The van der Waals surface area contributed by atoms with E-state index in [2.05, 4.69) is 9.12 Å². The Morgan fingerprint density at radius 2 is 2.22 bits per heavy atom. The van der Waals surface area contributed by atoms with Crippen molar-refractivity contribution in [2.45, 2.75) is 6.10 Å². The molecule has 2 heterocycles. The monoisotopic (exact) mass is 269 g/mol. The van der Waals surface area contributed by atoms with Gasteiger partial charge in [-0.3, -0.25) is 4.72 Å². The van der Waals surface area contributed by atoms with Crippen molar-refractivity contribution < 1.29 is 17.9 Å². The smallest absolute Gasteiger partial charge is 0.344 e. The standard InChI is InChI=1S/C10H11N3O4S/c11-10-9-7(12-18(14,15)13-10)2-1-3-8(9)17-6-4-16-5-6/h1-3,6,12H,4-5H2,(H2,11,13). The SMILES string of the molecule is NC1=NS(=O)(=O)Nc2cccc(OC3COC3)c21. The molecule has 2 aliphatic rings. The van der Waals surface area contributed by atoms with Gasteiger partial charge in [-0.15, -0.1) is 4.40 Å². The first-order chi connectivity index (χ1) is 8.55. The van der Waals surface area contributed by atoms with E-state index in [-0.39, 0.29) is 11.9 Å². The number of rotatable bonds is 2. The fraction of sp³-hybridized carbons (Fsp3) is 0.300. The molecule has 96 valence electrons. The maximum Gasteiger partial charge on any atom is 0.344 e. The summed E-state index contributed by atoms with van der Waals surface area (Å²) in [7, 11) is -3.75. The van der Waals surface area contributed by atoms with E-state index in [1.807, 2.05) is 0 Å². The van der Waals surface area contributed by atoms with Gasteiger partial charge in [-0.25, -0.2) is 0 Å². The summed E-state index contributed by atoms with van der Waals surface area (Å²) in [5.41, 5.74) is 6.52. The van der Waals surface area contributed by atoms with Gasteiger partial charge in [0.15, 0.2) is 5.84 Å². The lowest BCUT2D eigenvalue weighted by atomic mass is 10.1. The predicted octanol–water partition coefficient (Wildman–Crippen LogP) is -0.160. The minimum Gasteiger partial charge on any atom is -0.485 e. The van der Waals surface area contributed by atoms with E-state index >= 15 is 0 Å². The van der Waals surface area contributed by atoms with Crippen LogP contribution in [0, 0.1) is 0 Å². The number of ether oxygens (including phenoxy) is 2. The Hall–Kier alpha value is -1.80. The molecule has 0 radical (unpaired) electrons. The molecule has 0 spiro atoms. The average Bonchev–Trinajstić information content (AvgIpc) is 2.21. The maximum atomic E-state index is 11.4. The zero-order valence-electron chi connectivity index (χ0n) is 9.29. The third-order valence-corrected chi connectivity index (χ3v) is 3.56. The molecule has 1 saturated heterocycles. The summed E-state index contributed by atoms with van der Waals surface area (Å²) in [6.45, 7) is 1.04. The molecular formula is C10H11N3O4S. The predicted molar refractivity (Wildman–Crippen MR) is 64.9 cm³/mol. The first-order valence-corrected chi connectivity index (χ1v) is 6.75. The Kier molecular flexibility index (Phi) is 2.42. The van der Waals surface area contributed by atoms with Crippen LogP contribution in [-0.4, -0.2) is 33.6 Å². The number of nitrogens with one attached hydrogen (secondary N) is 1. The highest BCUT2D eigenvalue weighted by Crippen LogP contribution is 2.31. The molecule has 0 aromatic heterocycles. The van der Waals surface area contributed by atoms with Crippen molar-refractivity contribution >= 4 is 21.7 Å². The summed E-state index contributed by atoms with van der Waals surface area (Å²) in [5.74, 6) is 0.434. The normalized spacial score (nSPS) is 21.2. The summed E-state index contributed by atoms with van der Waals surface area (Å²) in [5, 5.41) is 0. The summed E-state index contributed by atoms with van der Waals surface area (Å²) >= 11 is 0. The van der Waals surface area contributed by atoms with Gasteiger partial charge in [0, 0.05) is 0 Å². The Morgan fingerprint density at radius 3 is 2.89 bits per heavy atom. The molecule has 3 rings (SSSR count). The average molecular weight is 269 g/mol. The molecular weight excluding hydrogens is 258 g/mol. The van der Waals surface area contributed by atoms with E-state index in [4.69, 9.17) is 15.2 Å². The van der Waals surface area contributed by atoms with E-state index in [0.29, 0.717) is 30.2 Å². The van der Waals surface area contributed by atoms with Gasteiger partial charge in [0.25, 0.3) is 0 Å². The summed E-state index contributed by atoms with van der Waals surface area (Å²) < 4.78 is 39.2. The van der Waals surface area contributed by atoms with Crippen LogP contribution >= 0.6 is 0 Å². The lowest BCUT2D eigenvalue weighted by molar-refractivity contribution is -0.0797. The Balaban J connectivity index is 2.03. The minimum atomic E-state index is -3.75. The summed E-state index contributed by atoms with van der Waals surface area (Å²) in [6, 6.07) is 5.02. The van der Waals surface area contributed by atoms with Gasteiger partial charge in [-0.1, -0.05) is 6.07 Å². The highest BCUT2D eigenvalue weighted by molar-refractivity contribution is 7.91. The fourth-order valence-corrected chi connectivity index (χ4v) is 2.62. The Labute approximate surface area is 104 Å². The Morgan fingerprint density at radius 1 is 1.44 bits per heavy atom. The zero-order chi connectivity index (χ0) is 12.8. The first-order valence-electron chi connectivity index (χ1n) is 5.31. The largest absolute Gasteiger partial charge is 0.485 e. The lowest BCUT2D eigenvalue weighted by Gasteiger charge is -2.28. The molecule has 0 saturated carbocycles. The summed E-state index contributed by atoms with van der Waals surface area (Å²) in [4.78, 5) is 0. The van der Waals surface area contributed by atoms with E-state index in [9.17, 15) is 8.42 Å². The first kappa shape index (κ1) is 11.3. The molecule has 0 amide bonds. The van der Waals surface area contributed by atoms with Crippen molar-refractivity contribution in [2.75, 3.05) is 17.9 Å². The number of hydrogen-bond donors (Lipinski definition) is 2. The van der Waals surface area contributed by atoms with Crippen molar-refractivity contribution in [1.82, 2.24) is 0 Å². The highest BCUT2D eigenvalue weighted by Gasteiger charge is 2.27. The molecule has 18 heavy (non-hydrogen) atoms. The van der Waals surface area contributed by atoms with Crippen LogP contribution in [0.3, 0.4) is 0 Å².